The highest BCUT2D eigenvalue weighted by Crippen LogP contribution is 2.35. The molecule has 0 saturated carbocycles. The molecule has 0 unspecified atom stereocenters. The molecule has 0 aliphatic heterocycles. The van der Waals surface area contributed by atoms with E-state index in [0.29, 0.717) is 5.92 Å². The molecule has 0 aromatic carbocycles. The number of halogens is 1. The minimum Gasteiger partial charge on any atom is -0.243 e. The molecule has 14 heavy (non-hydrogen) atoms. The molecular weight excluding hydrogens is 278 g/mol. The largest absolute Gasteiger partial charge is 0.243 e. The van der Waals surface area contributed by atoms with Crippen LogP contribution in [0.4, 0.5) is 0 Å². The number of thiophene rings is 1. The summed E-state index contributed by atoms with van der Waals surface area (Å²) in [6.07, 6.45) is 1.98. The van der Waals surface area contributed by atoms with Crippen molar-refractivity contribution >= 4 is 38.6 Å². The Bertz CT molecular complexity index is 431. The summed E-state index contributed by atoms with van der Waals surface area (Å²) in [6, 6.07) is 4.17. The lowest BCUT2D eigenvalue weighted by molar-refractivity contribution is 0.885. The summed E-state index contributed by atoms with van der Waals surface area (Å²) in [5, 5.41) is 1.13. The summed E-state index contributed by atoms with van der Waals surface area (Å²) >= 11 is 6.98. The van der Waals surface area contributed by atoms with Crippen molar-refractivity contribution in [3.05, 3.63) is 27.0 Å². The van der Waals surface area contributed by atoms with E-state index in [1.165, 1.54) is 9.75 Å². The summed E-state index contributed by atoms with van der Waals surface area (Å²) in [5.74, 6) is 0.574. The van der Waals surface area contributed by atoms with Crippen molar-refractivity contribution in [3.8, 4) is 9.88 Å². The van der Waals surface area contributed by atoms with Gasteiger partial charge >= 0.3 is 0 Å². The van der Waals surface area contributed by atoms with Crippen LogP contribution in [0.3, 0.4) is 0 Å². The number of hydrogen-bond donors (Lipinski definition) is 0. The van der Waals surface area contributed by atoms with Gasteiger partial charge < -0.3 is 0 Å². The van der Waals surface area contributed by atoms with Gasteiger partial charge in [0.15, 0.2) is 0 Å². The number of thiazole rings is 1. The van der Waals surface area contributed by atoms with E-state index in [2.05, 4.69) is 46.9 Å². The second-order valence-corrected chi connectivity index (χ2v) is 6.85. The van der Waals surface area contributed by atoms with Gasteiger partial charge in [-0.1, -0.05) is 13.8 Å². The van der Waals surface area contributed by atoms with Crippen LogP contribution in [0.2, 0.25) is 0 Å². The maximum absolute atomic E-state index is 4.43. The molecule has 2 aromatic rings. The Kier molecular flexibility index (Phi) is 3.04. The summed E-state index contributed by atoms with van der Waals surface area (Å²) in [4.78, 5) is 7.02. The van der Waals surface area contributed by atoms with Gasteiger partial charge in [-0.05, 0) is 34.0 Å². The summed E-state index contributed by atoms with van der Waals surface area (Å²) < 4.78 is 1.16. The Morgan fingerprint density at radius 3 is 2.57 bits per heavy atom. The molecule has 0 N–H and O–H groups in total. The normalized spacial score (nSPS) is 11.1. The molecule has 0 aliphatic rings. The number of hydrogen-bond acceptors (Lipinski definition) is 3. The van der Waals surface area contributed by atoms with Crippen LogP contribution in [0.1, 0.15) is 24.6 Å². The highest BCUT2D eigenvalue weighted by Gasteiger charge is 2.08. The van der Waals surface area contributed by atoms with Crippen LogP contribution >= 0.6 is 38.6 Å². The topological polar surface area (TPSA) is 12.9 Å². The first kappa shape index (κ1) is 10.3. The molecule has 0 spiro atoms. The smallest absolute Gasteiger partial charge is 0.133 e. The van der Waals surface area contributed by atoms with Crippen LogP contribution in [-0.2, 0) is 0 Å². The standard InChI is InChI=1S/C10H10BrNS2/c1-6(2)8-5-12-10(14-8)7-3-4-9(11)13-7/h3-6H,1-2H3. The molecule has 0 saturated heterocycles. The van der Waals surface area contributed by atoms with Gasteiger partial charge in [-0.15, -0.1) is 22.7 Å². The Morgan fingerprint density at radius 2 is 2.07 bits per heavy atom. The summed E-state index contributed by atoms with van der Waals surface area (Å²) in [5.41, 5.74) is 0. The van der Waals surface area contributed by atoms with E-state index in [9.17, 15) is 0 Å². The molecule has 0 atom stereocenters. The van der Waals surface area contributed by atoms with Crippen LogP contribution in [-0.4, -0.2) is 4.98 Å². The molecule has 0 aliphatic carbocycles. The Balaban J connectivity index is 2.33. The van der Waals surface area contributed by atoms with Crippen LogP contribution in [0, 0.1) is 0 Å². The monoisotopic (exact) mass is 287 g/mol. The molecule has 0 amide bonds. The van der Waals surface area contributed by atoms with Gasteiger partial charge in [-0.25, -0.2) is 4.98 Å². The molecule has 74 valence electrons. The molecule has 4 heteroatoms. The van der Waals surface area contributed by atoms with Crippen molar-refractivity contribution in [2.45, 2.75) is 19.8 Å². The van der Waals surface area contributed by atoms with E-state index in [-0.39, 0.29) is 0 Å². The third-order valence-corrected chi connectivity index (χ3v) is 4.97. The first-order valence-corrected chi connectivity index (χ1v) is 6.81. The average Bonchev–Trinajstić information content (AvgIpc) is 2.70. The first-order valence-electron chi connectivity index (χ1n) is 4.38. The zero-order valence-electron chi connectivity index (χ0n) is 7.95. The average molecular weight is 288 g/mol. The van der Waals surface area contributed by atoms with Crippen LogP contribution in [0.5, 0.6) is 0 Å². The molecule has 2 rings (SSSR count). The maximum atomic E-state index is 4.43. The van der Waals surface area contributed by atoms with Gasteiger partial charge in [-0.2, -0.15) is 0 Å². The SMILES string of the molecule is CC(C)c1cnc(-c2ccc(Br)s2)s1. The molecule has 1 nitrogen and oxygen atoms in total. The minimum atomic E-state index is 0.574. The van der Waals surface area contributed by atoms with Crippen LogP contribution in [0.25, 0.3) is 9.88 Å². The van der Waals surface area contributed by atoms with Crippen LogP contribution in [0.15, 0.2) is 22.1 Å². The van der Waals surface area contributed by atoms with Gasteiger partial charge in [0, 0.05) is 11.1 Å². The number of rotatable bonds is 2. The first-order chi connectivity index (χ1) is 6.66. The van der Waals surface area contributed by atoms with E-state index in [0.717, 1.165) is 8.79 Å². The predicted molar refractivity (Wildman–Crippen MR) is 67.2 cm³/mol. The maximum Gasteiger partial charge on any atom is 0.133 e. The second-order valence-electron chi connectivity index (χ2n) is 3.33. The van der Waals surface area contributed by atoms with Crippen LogP contribution < -0.4 is 0 Å². The third-order valence-electron chi connectivity index (χ3n) is 1.88. The molecule has 2 aromatic heterocycles. The molecular formula is C10H10BrNS2. The Hall–Kier alpha value is -0.190. The van der Waals surface area contributed by atoms with Crippen molar-refractivity contribution < 1.29 is 0 Å². The summed E-state index contributed by atoms with van der Waals surface area (Å²) in [7, 11) is 0. The molecule has 0 bridgehead atoms. The predicted octanol–water partition coefficient (Wildman–Crippen LogP) is 4.76. The quantitative estimate of drug-likeness (QED) is 0.776. The Labute approximate surface area is 100.0 Å². The van der Waals surface area contributed by atoms with Crippen molar-refractivity contribution in [3.63, 3.8) is 0 Å². The van der Waals surface area contributed by atoms with Gasteiger partial charge in [0.2, 0.25) is 0 Å². The van der Waals surface area contributed by atoms with Crippen molar-refractivity contribution in [1.29, 1.82) is 0 Å². The van der Waals surface area contributed by atoms with Gasteiger partial charge in [0.25, 0.3) is 0 Å². The van der Waals surface area contributed by atoms with Gasteiger partial charge in [0.1, 0.15) is 5.01 Å². The minimum absolute atomic E-state index is 0.574. The van der Waals surface area contributed by atoms with Gasteiger partial charge in [-0.3, -0.25) is 0 Å². The van der Waals surface area contributed by atoms with Crippen molar-refractivity contribution in [1.82, 2.24) is 4.98 Å². The zero-order chi connectivity index (χ0) is 10.1. The van der Waals surface area contributed by atoms with Gasteiger partial charge in [0.05, 0.1) is 8.66 Å². The van der Waals surface area contributed by atoms with E-state index in [4.69, 9.17) is 0 Å². The van der Waals surface area contributed by atoms with E-state index < -0.39 is 0 Å². The zero-order valence-corrected chi connectivity index (χ0v) is 11.2. The fourth-order valence-corrected chi connectivity index (χ4v) is 3.46. The number of aromatic nitrogens is 1. The molecule has 2 heterocycles. The molecule has 0 radical (unpaired) electrons. The lowest BCUT2D eigenvalue weighted by Crippen LogP contribution is -1.77. The van der Waals surface area contributed by atoms with E-state index in [1.54, 1.807) is 22.7 Å². The number of nitrogens with zero attached hydrogens (tertiary/aromatic N) is 1. The van der Waals surface area contributed by atoms with Crippen molar-refractivity contribution in [2.75, 3.05) is 0 Å². The third kappa shape index (κ3) is 2.07. The lowest BCUT2D eigenvalue weighted by atomic mass is 10.2. The lowest BCUT2D eigenvalue weighted by Gasteiger charge is -1.95. The highest BCUT2D eigenvalue weighted by molar-refractivity contribution is 9.11. The fraction of sp³-hybridized carbons (Fsp3) is 0.300. The van der Waals surface area contributed by atoms with E-state index >= 15 is 0 Å². The molecule has 0 fully saturated rings. The summed E-state index contributed by atoms with van der Waals surface area (Å²) in [6.45, 7) is 4.39. The van der Waals surface area contributed by atoms with E-state index in [1.807, 2.05) is 6.20 Å². The highest BCUT2D eigenvalue weighted by atomic mass is 79.9. The Morgan fingerprint density at radius 1 is 1.29 bits per heavy atom. The second kappa shape index (κ2) is 4.13. The fourth-order valence-electron chi connectivity index (χ4n) is 1.10. The van der Waals surface area contributed by atoms with Crippen molar-refractivity contribution in [2.24, 2.45) is 0 Å².